The van der Waals surface area contributed by atoms with Crippen LogP contribution in [0.4, 0.5) is 0 Å². The number of hydrogen-bond donors (Lipinski definition) is 5. The number of hydrogen-bond acceptors (Lipinski definition) is 11. The van der Waals surface area contributed by atoms with Crippen LogP contribution in [0.15, 0.2) is 30.3 Å². The average Bonchev–Trinajstić information content (AvgIpc) is 3.69. The van der Waals surface area contributed by atoms with E-state index in [-0.39, 0.29) is 18.8 Å². The number of carbonyl (C=O) groups is 7. The van der Waals surface area contributed by atoms with Crippen molar-refractivity contribution in [3.05, 3.63) is 35.9 Å². The van der Waals surface area contributed by atoms with Crippen molar-refractivity contribution in [2.24, 2.45) is 23.7 Å². The molecule has 1 saturated heterocycles. The first-order valence-corrected chi connectivity index (χ1v) is 20.8. The average molecular weight is 832 g/mol. The molecule has 1 heterocycles. The lowest BCUT2D eigenvalue weighted by molar-refractivity contribution is -0.168. The fourth-order valence-electron chi connectivity index (χ4n) is 6.96. The molecule has 5 N–H and O–H groups in total. The van der Waals surface area contributed by atoms with Crippen molar-refractivity contribution >= 4 is 41.5 Å². The van der Waals surface area contributed by atoms with Gasteiger partial charge in [-0.3, -0.25) is 24.0 Å². The maximum Gasteiger partial charge on any atom is 0.336 e. The van der Waals surface area contributed by atoms with Crippen LogP contribution in [0.3, 0.4) is 0 Å². The Labute approximate surface area is 349 Å². The van der Waals surface area contributed by atoms with E-state index in [0.717, 1.165) is 5.56 Å². The Hall–Kier alpha value is -4.57. The molecule has 2 rings (SSSR count). The van der Waals surface area contributed by atoms with Gasteiger partial charge in [0.25, 0.3) is 5.91 Å². The molecule has 1 aliphatic heterocycles. The maximum atomic E-state index is 14.1. The van der Waals surface area contributed by atoms with E-state index in [1.807, 2.05) is 51.1 Å². The monoisotopic (exact) mass is 831 g/mol. The van der Waals surface area contributed by atoms with Gasteiger partial charge >= 0.3 is 11.9 Å². The van der Waals surface area contributed by atoms with Gasteiger partial charge in [0.05, 0.1) is 25.7 Å². The van der Waals surface area contributed by atoms with Crippen LogP contribution in [0.5, 0.6) is 0 Å². The van der Waals surface area contributed by atoms with Crippen LogP contribution in [-0.2, 0) is 49.5 Å². The Kier molecular flexibility index (Phi) is 20.5. The van der Waals surface area contributed by atoms with Crippen molar-refractivity contribution in [3.8, 4) is 0 Å². The van der Waals surface area contributed by atoms with Gasteiger partial charge in [0.1, 0.15) is 24.2 Å². The highest BCUT2D eigenvalue weighted by molar-refractivity contribution is 5.95. The zero-order valence-electron chi connectivity index (χ0n) is 36.7. The van der Waals surface area contributed by atoms with Crippen molar-refractivity contribution < 1.29 is 53.2 Å². The second-order valence-corrected chi connectivity index (χ2v) is 16.8. The number of likely N-dealkylation sites (N-methyl/N-ethyl adjacent to an activating group) is 1. The number of ether oxygens (including phenoxy) is 2. The normalized spacial score (nSPS) is 18.2. The van der Waals surface area contributed by atoms with Crippen molar-refractivity contribution in [1.82, 2.24) is 25.8 Å². The first-order chi connectivity index (χ1) is 27.6. The summed E-state index contributed by atoms with van der Waals surface area (Å²) in [5.41, 5.74) is 0.789. The Morgan fingerprint density at radius 3 is 2.05 bits per heavy atom. The number of aliphatic hydroxyl groups excluding tert-OH is 2. The summed E-state index contributed by atoms with van der Waals surface area (Å²) in [6.45, 7) is 15.8. The minimum atomic E-state index is -1.43. The van der Waals surface area contributed by atoms with Crippen LogP contribution >= 0.6 is 0 Å². The maximum absolute atomic E-state index is 14.1. The van der Waals surface area contributed by atoms with Gasteiger partial charge in [0.15, 0.2) is 12.2 Å². The molecule has 0 saturated carbocycles. The fourth-order valence-corrected chi connectivity index (χ4v) is 6.96. The molecule has 0 spiro atoms. The number of benzene rings is 1. The number of aliphatic hydroxyl groups is 2. The largest absolute Gasteiger partial charge is 0.467 e. The van der Waals surface area contributed by atoms with Gasteiger partial charge < -0.3 is 45.4 Å². The lowest BCUT2D eigenvalue weighted by atomic mass is 9.95. The second-order valence-electron chi connectivity index (χ2n) is 16.8. The Bertz CT molecular complexity index is 1570. The molecule has 1 fully saturated rings. The third-order valence-corrected chi connectivity index (χ3v) is 10.8. The predicted molar refractivity (Wildman–Crippen MR) is 220 cm³/mol. The standard InChI is InChI=1S/C43H69N5O11/c1-12-27(8)35(46-34(50)23-33(49)30(21-24(2)3)45-39(53)37(26(6)7)59-43(57)36(51)25(4)5)38(52)44-28(9)40(54)47(10)32(22-29-17-14-13-15-18-29)41(55)48-20-16-19-31(48)42(56)58-11/h13-15,17-18,24-28,30-33,35-37,49,51H,12,16,19-23H2,1-11H3,(H,44,52)(H,45,53)(H,46,50)/t27-,28-,30-,31-,32+,33-,35-,36-,37+/m0/s1. The van der Waals surface area contributed by atoms with E-state index in [1.54, 1.807) is 34.6 Å². The minimum Gasteiger partial charge on any atom is -0.467 e. The van der Waals surface area contributed by atoms with E-state index in [9.17, 15) is 43.8 Å². The molecule has 1 aromatic rings. The number of nitrogens with one attached hydrogen (secondary N) is 3. The van der Waals surface area contributed by atoms with Gasteiger partial charge in [-0.1, -0.05) is 92.1 Å². The highest BCUT2D eigenvalue weighted by atomic mass is 16.6. The van der Waals surface area contributed by atoms with Gasteiger partial charge in [-0.25, -0.2) is 9.59 Å². The molecule has 0 radical (unpaired) electrons. The summed E-state index contributed by atoms with van der Waals surface area (Å²) in [5, 5.41) is 29.6. The molecule has 0 aliphatic carbocycles. The third kappa shape index (κ3) is 14.9. The highest BCUT2D eigenvalue weighted by Crippen LogP contribution is 2.23. The minimum absolute atomic E-state index is 0.0242. The van der Waals surface area contributed by atoms with E-state index in [0.29, 0.717) is 25.8 Å². The van der Waals surface area contributed by atoms with Gasteiger partial charge in [-0.2, -0.15) is 0 Å². The first kappa shape index (κ1) is 50.6. The number of amides is 5. The molecule has 0 aromatic heterocycles. The molecule has 59 heavy (non-hydrogen) atoms. The molecule has 5 amide bonds. The van der Waals surface area contributed by atoms with Gasteiger partial charge in [-0.05, 0) is 55.4 Å². The molecule has 0 unspecified atom stereocenters. The Morgan fingerprint density at radius 1 is 0.881 bits per heavy atom. The topological polar surface area (TPSA) is 221 Å². The Balaban J connectivity index is 2.22. The second kappa shape index (κ2) is 23.9. The van der Waals surface area contributed by atoms with E-state index < -0.39 is 114 Å². The van der Waals surface area contributed by atoms with Crippen molar-refractivity contribution in [2.75, 3.05) is 20.7 Å². The molecule has 16 nitrogen and oxygen atoms in total. The summed E-state index contributed by atoms with van der Waals surface area (Å²) in [6, 6.07) is 4.20. The summed E-state index contributed by atoms with van der Waals surface area (Å²) in [7, 11) is 2.74. The zero-order valence-corrected chi connectivity index (χ0v) is 36.7. The van der Waals surface area contributed by atoms with Crippen molar-refractivity contribution in [1.29, 1.82) is 0 Å². The van der Waals surface area contributed by atoms with E-state index in [1.165, 1.54) is 30.9 Å². The smallest absolute Gasteiger partial charge is 0.336 e. The Morgan fingerprint density at radius 2 is 1.51 bits per heavy atom. The molecular formula is C43H69N5O11. The predicted octanol–water partition coefficient (Wildman–Crippen LogP) is 2.12. The summed E-state index contributed by atoms with van der Waals surface area (Å²) in [6.07, 6.45) is -2.64. The van der Waals surface area contributed by atoms with E-state index >= 15 is 0 Å². The molecule has 332 valence electrons. The van der Waals surface area contributed by atoms with E-state index in [4.69, 9.17) is 9.47 Å². The number of nitrogens with zero attached hydrogens (tertiary/aromatic N) is 2. The molecule has 1 aliphatic rings. The van der Waals surface area contributed by atoms with Gasteiger partial charge in [0, 0.05) is 20.0 Å². The summed E-state index contributed by atoms with van der Waals surface area (Å²) in [4.78, 5) is 96.4. The zero-order chi connectivity index (χ0) is 44.7. The molecular weight excluding hydrogens is 762 g/mol. The molecule has 0 bridgehead atoms. The van der Waals surface area contributed by atoms with Crippen LogP contribution in [0.2, 0.25) is 0 Å². The van der Waals surface area contributed by atoms with Crippen LogP contribution < -0.4 is 16.0 Å². The number of likely N-dealkylation sites (tertiary alicyclic amines) is 1. The van der Waals surface area contributed by atoms with Gasteiger partial charge in [0.2, 0.25) is 23.6 Å². The molecule has 1 aromatic carbocycles. The summed E-state index contributed by atoms with van der Waals surface area (Å²) in [5.74, 6) is -5.80. The number of rotatable bonds is 22. The molecule has 16 heteroatoms. The SMILES string of the molecule is CC[C@H](C)[C@H](NC(=O)C[C@H](O)[C@H](CC(C)C)NC(=O)[C@H](OC(=O)[C@@H](O)C(C)C)C(C)C)C(=O)N[C@@H](C)C(=O)N(C)[C@H](Cc1ccccc1)C(=O)N1CCC[C@H]1C(=O)OC. The van der Waals surface area contributed by atoms with E-state index in [2.05, 4.69) is 16.0 Å². The number of esters is 2. The quantitative estimate of drug-likeness (QED) is 0.107. The highest BCUT2D eigenvalue weighted by Gasteiger charge is 2.41. The summed E-state index contributed by atoms with van der Waals surface area (Å²) >= 11 is 0. The van der Waals surface area contributed by atoms with Crippen LogP contribution in [-0.4, -0.2) is 131 Å². The van der Waals surface area contributed by atoms with Gasteiger partial charge in [-0.15, -0.1) is 0 Å². The fraction of sp³-hybridized carbons (Fsp3) is 0.698. The number of methoxy groups -OCH3 is 1. The van der Waals surface area contributed by atoms with Crippen molar-refractivity contribution in [2.45, 2.75) is 149 Å². The van der Waals surface area contributed by atoms with Crippen molar-refractivity contribution in [3.63, 3.8) is 0 Å². The lowest BCUT2D eigenvalue weighted by Gasteiger charge is -2.34. The van der Waals surface area contributed by atoms with Crippen LogP contribution in [0.1, 0.15) is 100.0 Å². The lowest BCUT2D eigenvalue weighted by Crippen LogP contribution is -2.59. The van der Waals surface area contributed by atoms with Crippen LogP contribution in [0, 0.1) is 23.7 Å². The number of carbonyl (C=O) groups excluding carboxylic acids is 7. The third-order valence-electron chi connectivity index (χ3n) is 10.8. The first-order valence-electron chi connectivity index (χ1n) is 20.8. The summed E-state index contributed by atoms with van der Waals surface area (Å²) < 4.78 is 10.3. The van der Waals surface area contributed by atoms with Crippen LogP contribution in [0.25, 0.3) is 0 Å². The molecule has 9 atom stereocenters.